The van der Waals surface area contributed by atoms with Crippen molar-refractivity contribution in [2.45, 2.75) is 57.7 Å². The fraction of sp³-hybridized carbons (Fsp3) is 0.667. The number of rotatable bonds is 4. The molecule has 2 atom stereocenters. The van der Waals surface area contributed by atoms with Gasteiger partial charge in [0.05, 0.1) is 0 Å². The quantitative estimate of drug-likeness (QED) is 0.925. The lowest BCUT2D eigenvalue weighted by Gasteiger charge is -2.29. The maximum Gasteiger partial charge on any atom is 0.127 e. The molecule has 0 radical (unpaired) electrons. The summed E-state index contributed by atoms with van der Waals surface area (Å²) >= 11 is 0. The molecule has 1 heterocycles. The van der Waals surface area contributed by atoms with Crippen LogP contribution in [0.3, 0.4) is 0 Å². The van der Waals surface area contributed by atoms with E-state index in [2.05, 4.69) is 44.0 Å². The van der Waals surface area contributed by atoms with Crippen molar-refractivity contribution in [1.82, 2.24) is 4.90 Å². The molecule has 0 aromatic heterocycles. The molecule has 1 aromatic rings. The first-order chi connectivity index (χ1) is 10.00. The topological polar surface area (TPSA) is 38.5 Å². The lowest BCUT2D eigenvalue weighted by Crippen LogP contribution is -2.37. The van der Waals surface area contributed by atoms with E-state index in [4.69, 9.17) is 10.5 Å². The molecule has 1 aromatic carbocycles. The van der Waals surface area contributed by atoms with E-state index in [1.165, 1.54) is 30.4 Å². The Hall–Kier alpha value is -1.06. The molecular weight excluding hydrogens is 260 g/mol. The monoisotopic (exact) mass is 288 g/mol. The molecule has 0 amide bonds. The van der Waals surface area contributed by atoms with Gasteiger partial charge in [-0.05, 0) is 51.8 Å². The van der Waals surface area contributed by atoms with Crippen LogP contribution in [0.1, 0.15) is 44.2 Å². The summed E-state index contributed by atoms with van der Waals surface area (Å²) in [6, 6.07) is 7.21. The number of hydrogen-bond donors (Lipinski definition) is 1. The standard InChI is InChI=1S/C18H28N2O/c1-18(2)10-13-6-4-8-15(17(13)21-18)12-20(3)16-9-5-7-14(16)11-19/h4,6,8,14,16H,5,7,9-12,19H2,1-3H3. The average Bonchev–Trinajstić information content (AvgIpc) is 3.01. The van der Waals surface area contributed by atoms with E-state index in [9.17, 15) is 0 Å². The predicted molar refractivity (Wildman–Crippen MR) is 86.5 cm³/mol. The Labute approximate surface area is 128 Å². The number of fused-ring (bicyclic) bond motifs is 1. The molecule has 1 aliphatic carbocycles. The van der Waals surface area contributed by atoms with Gasteiger partial charge in [-0.1, -0.05) is 24.6 Å². The molecule has 1 aliphatic heterocycles. The minimum Gasteiger partial charge on any atom is -0.487 e. The van der Waals surface area contributed by atoms with Crippen LogP contribution < -0.4 is 10.5 Å². The van der Waals surface area contributed by atoms with E-state index in [0.717, 1.165) is 25.3 Å². The zero-order chi connectivity index (χ0) is 15.0. The van der Waals surface area contributed by atoms with Gasteiger partial charge in [0.25, 0.3) is 0 Å². The van der Waals surface area contributed by atoms with Crippen molar-refractivity contribution in [3.63, 3.8) is 0 Å². The summed E-state index contributed by atoms with van der Waals surface area (Å²) in [5, 5.41) is 0. The minimum atomic E-state index is -0.0653. The molecule has 2 unspecified atom stereocenters. The Morgan fingerprint density at radius 1 is 1.33 bits per heavy atom. The van der Waals surface area contributed by atoms with Gasteiger partial charge in [0.1, 0.15) is 11.4 Å². The normalized spacial score (nSPS) is 26.9. The highest BCUT2D eigenvalue weighted by atomic mass is 16.5. The number of nitrogens with two attached hydrogens (primary N) is 1. The van der Waals surface area contributed by atoms with E-state index in [1.54, 1.807) is 0 Å². The second kappa shape index (κ2) is 5.62. The Morgan fingerprint density at radius 3 is 2.90 bits per heavy atom. The molecular formula is C18H28N2O. The molecule has 1 fully saturated rings. The summed E-state index contributed by atoms with van der Waals surface area (Å²) in [7, 11) is 2.23. The Kier molecular flexibility index (Phi) is 3.98. The van der Waals surface area contributed by atoms with Crippen molar-refractivity contribution in [2.75, 3.05) is 13.6 Å². The van der Waals surface area contributed by atoms with Gasteiger partial charge in [-0.15, -0.1) is 0 Å². The average molecular weight is 288 g/mol. The smallest absolute Gasteiger partial charge is 0.127 e. The van der Waals surface area contributed by atoms with Gasteiger partial charge in [0.15, 0.2) is 0 Å². The Bertz CT molecular complexity index is 512. The van der Waals surface area contributed by atoms with E-state index >= 15 is 0 Å². The van der Waals surface area contributed by atoms with Crippen molar-refractivity contribution >= 4 is 0 Å². The lowest BCUT2D eigenvalue weighted by molar-refractivity contribution is 0.133. The summed E-state index contributed by atoms with van der Waals surface area (Å²) in [6.45, 7) is 6.11. The van der Waals surface area contributed by atoms with Crippen LogP contribution in [-0.2, 0) is 13.0 Å². The molecule has 21 heavy (non-hydrogen) atoms. The Morgan fingerprint density at radius 2 is 2.14 bits per heavy atom. The summed E-state index contributed by atoms with van der Waals surface area (Å²) in [5.41, 5.74) is 8.54. The van der Waals surface area contributed by atoms with E-state index < -0.39 is 0 Å². The highest BCUT2D eigenvalue weighted by Gasteiger charge is 2.33. The van der Waals surface area contributed by atoms with Crippen LogP contribution in [0.2, 0.25) is 0 Å². The molecule has 0 bridgehead atoms. The Balaban J connectivity index is 1.76. The number of ether oxygens (including phenoxy) is 1. The third kappa shape index (κ3) is 2.95. The van der Waals surface area contributed by atoms with Crippen LogP contribution in [0.15, 0.2) is 18.2 Å². The number of para-hydroxylation sites is 1. The molecule has 0 spiro atoms. The summed E-state index contributed by atoms with van der Waals surface area (Å²) in [6.07, 6.45) is 4.88. The summed E-state index contributed by atoms with van der Waals surface area (Å²) in [5.74, 6) is 1.78. The zero-order valence-corrected chi connectivity index (χ0v) is 13.6. The van der Waals surface area contributed by atoms with Gasteiger partial charge in [0, 0.05) is 24.6 Å². The molecule has 116 valence electrons. The van der Waals surface area contributed by atoms with Gasteiger partial charge in [-0.25, -0.2) is 0 Å². The van der Waals surface area contributed by atoms with Crippen molar-refractivity contribution in [2.24, 2.45) is 11.7 Å². The summed E-state index contributed by atoms with van der Waals surface area (Å²) < 4.78 is 6.19. The summed E-state index contributed by atoms with van der Waals surface area (Å²) in [4.78, 5) is 2.48. The first-order valence-electron chi connectivity index (χ1n) is 8.20. The van der Waals surface area contributed by atoms with Gasteiger partial charge in [0.2, 0.25) is 0 Å². The number of nitrogens with zero attached hydrogens (tertiary/aromatic N) is 1. The van der Waals surface area contributed by atoms with Gasteiger partial charge >= 0.3 is 0 Å². The molecule has 2 aliphatic rings. The third-order valence-corrected chi connectivity index (χ3v) is 5.08. The fourth-order valence-electron chi connectivity index (χ4n) is 4.06. The predicted octanol–water partition coefficient (Wildman–Crippen LogP) is 2.96. The van der Waals surface area contributed by atoms with Gasteiger partial charge < -0.3 is 10.5 Å². The first kappa shape index (κ1) is 14.9. The first-order valence-corrected chi connectivity index (χ1v) is 8.20. The number of benzene rings is 1. The molecule has 3 rings (SSSR count). The second-order valence-electron chi connectivity index (χ2n) is 7.35. The van der Waals surface area contributed by atoms with Gasteiger partial charge in [-0.3, -0.25) is 4.90 Å². The van der Waals surface area contributed by atoms with Crippen LogP contribution in [0.5, 0.6) is 5.75 Å². The highest BCUT2D eigenvalue weighted by Crippen LogP contribution is 2.39. The van der Waals surface area contributed by atoms with Gasteiger partial charge in [-0.2, -0.15) is 0 Å². The van der Waals surface area contributed by atoms with Crippen LogP contribution in [-0.4, -0.2) is 30.1 Å². The molecule has 3 nitrogen and oxygen atoms in total. The largest absolute Gasteiger partial charge is 0.487 e. The maximum atomic E-state index is 6.19. The van der Waals surface area contributed by atoms with Crippen LogP contribution in [0, 0.1) is 5.92 Å². The van der Waals surface area contributed by atoms with E-state index in [0.29, 0.717) is 12.0 Å². The lowest BCUT2D eigenvalue weighted by atomic mass is 9.99. The SMILES string of the molecule is CN(Cc1cccc2c1OC(C)(C)C2)C1CCCC1CN. The fourth-order valence-corrected chi connectivity index (χ4v) is 4.06. The van der Waals surface area contributed by atoms with Crippen molar-refractivity contribution < 1.29 is 4.74 Å². The van der Waals surface area contributed by atoms with Crippen LogP contribution in [0.4, 0.5) is 0 Å². The molecule has 0 saturated heterocycles. The van der Waals surface area contributed by atoms with Crippen molar-refractivity contribution in [1.29, 1.82) is 0 Å². The van der Waals surface area contributed by atoms with E-state index in [1.807, 2.05) is 0 Å². The molecule has 1 saturated carbocycles. The van der Waals surface area contributed by atoms with E-state index in [-0.39, 0.29) is 5.60 Å². The third-order valence-electron chi connectivity index (χ3n) is 5.08. The van der Waals surface area contributed by atoms with Crippen molar-refractivity contribution in [3.05, 3.63) is 29.3 Å². The van der Waals surface area contributed by atoms with Crippen LogP contribution in [0.25, 0.3) is 0 Å². The zero-order valence-electron chi connectivity index (χ0n) is 13.6. The molecule has 2 N–H and O–H groups in total. The highest BCUT2D eigenvalue weighted by molar-refractivity contribution is 5.45. The second-order valence-corrected chi connectivity index (χ2v) is 7.35. The van der Waals surface area contributed by atoms with Crippen LogP contribution >= 0.6 is 0 Å². The van der Waals surface area contributed by atoms with Crippen molar-refractivity contribution in [3.8, 4) is 5.75 Å². The molecule has 3 heteroatoms. The minimum absolute atomic E-state index is 0.0653. The number of hydrogen-bond acceptors (Lipinski definition) is 3. The maximum absolute atomic E-state index is 6.19.